The summed E-state index contributed by atoms with van der Waals surface area (Å²) < 4.78 is 1.72. The van der Waals surface area contributed by atoms with E-state index < -0.39 is 0 Å². The van der Waals surface area contributed by atoms with Gasteiger partial charge in [-0.3, -0.25) is 9.48 Å². The Morgan fingerprint density at radius 3 is 2.93 bits per heavy atom. The van der Waals surface area contributed by atoms with E-state index in [4.69, 9.17) is 5.73 Å². The van der Waals surface area contributed by atoms with E-state index in [-0.39, 0.29) is 11.9 Å². The van der Waals surface area contributed by atoms with Gasteiger partial charge in [0.15, 0.2) is 0 Å². The predicted octanol–water partition coefficient (Wildman–Crippen LogP) is 0.183. The molecular formula is C10H16N4O. The van der Waals surface area contributed by atoms with Gasteiger partial charge in [-0.25, -0.2) is 0 Å². The van der Waals surface area contributed by atoms with E-state index in [0.717, 1.165) is 30.8 Å². The minimum atomic E-state index is -0.349. The molecule has 0 saturated carbocycles. The van der Waals surface area contributed by atoms with Crippen molar-refractivity contribution in [2.75, 3.05) is 11.4 Å². The van der Waals surface area contributed by atoms with Crippen LogP contribution in [-0.2, 0) is 11.8 Å². The molecule has 5 nitrogen and oxygen atoms in total. The van der Waals surface area contributed by atoms with Crippen molar-refractivity contribution in [2.45, 2.75) is 25.8 Å². The van der Waals surface area contributed by atoms with Gasteiger partial charge in [-0.1, -0.05) is 0 Å². The molecule has 1 aliphatic heterocycles. The van der Waals surface area contributed by atoms with Gasteiger partial charge in [0.1, 0.15) is 0 Å². The van der Waals surface area contributed by atoms with Gasteiger partial charge in [-0.2, -0.15) is 5.10 Å². The Morgan fingerprint density at radius 2 is 2.33 bits per heavy atom. The van der Waals surface area contributed by atoms with Crippen molar-refractivity contribution in [1.82, 2.24) is 9.78 Å². The number of aryl methyl sites for hydroxylation is 2. The number of piperidine rings is 1. The number of rotatable bonds is 1. The second kappa shape index (κ2) is 3.66. The molecule has 1 saturated heterocycles. The zero-order valence-corrected chi connectivity index (χ0v) is 9.10. The topological polar surface area (TPSA) is 64.2 Å². The first-order valence-corrected chi connectivity index (χ1v) is 5.17. The number of hydrogen-bond acceptors (Lipinski definition) is 3. The van der Waals surface area contributed by atoms with Crippen molar-refractivity contribution in [3.8, 4) is 0 Å². The fraction of sp³-hybridized carbons (Fsp3) is 0.600. The van der Waals surface area contributed by atoms with Gasteiger partial charge in [0.05, 0.1) is 17.4 Å². The summed E-state index contributed by atoms with van der Waals surface area (Å²) in [6.07, 6.45) is 3.61. The van der Waals surface area contributed by atoms with Crippen LogP contribution < -0.4 is 10.6 Å². The third-order valence-corrected chi connectivity index (χ3v) is 2.76. The van der Waals surface area contributed by atoms with Crippen molar-refractivity contribution in [3.05, 3.63) is 11.9 Å². The van der Waals surface area contributed by atoms with Gasteiger partial charge in [-0.05, 0) is 19.8 Å². The van der Waals surface area contributed by atoms with Gasteiger partial charge in [0.25, 0.3) is 0 Å². The maximum Gasteiger partial charge on any atom is 0.243 e. The monoisotopic (exact) mass is 208 g/mol. The molecule has 0 aliphatic carbocycles. The van der Waals surface area contributed by atoms with E-state index in [9.17, 15) is 4.79 Å². The van der Waals surface area contributed by atoms with Gasteiger partial charge in [0, 0.05) is 19.8 Å². The lowest BCUT2D eigenvalue weighted by Gasteiger charge is -2.29. The largest absolute Gasteiger partial charge is 0.320 e. The summed E-state index contributed by atoms with van der Waals surface area (Å²) in [5.41, 5.74) is 7.51. The number of aromatic nitrogens is 2. The Balaban J connectivity index is 2.30. The number of amides is 1. The molecule has 0 radical (unpaired) electrons. The highest BCUT2D eigenvalue weighted by Gasteiger charge is 2.28. The lowest BCUT2D eigenvalue weighted by Crippen LogP contribution is -2.48. The van der Waals surface area contributed by atoms with Crippen LogP contribution in [0.15, 0.2) is 6.20 Å². The van der Waals surface area contributed by atoms with E-state index >= 15 is 0 Å². The summed E-state index contributed by atoms with van der Waals surface area (Å²) >= 11 is 0. The summed E-state index contributed by atoms with van der Waals surface area (Å²) in [6.45, 7) is 2.65. The Hall–Kier alpha value is -1.36. The number of anilines is 1. The SMILES string of the molecule is Cc1nn(C)cc1N1CCCC(N)C1=O. The molecule has 2 rings (SSSR count). The highest BCUT2D eigenvalue weighted by molar-refractivity contribution is 5.98. The van der Waals surface area contributed by atoms with Crippen LogP contribution >= 0.6 is 0 Å². The first kappa shape index (κ1) is 10.2. The summed E-state index contributed by atoms with van der Waals surface area (Å²) in [5, 5.41) is 4.23. The predicted molar refractivity (Wildman–Crippen MR) is 57.5 cm³/mol. The fourth-order valence-corrected chi connectivity index (χ4v) is 1.99. The molecule has 0 bridgehead atoms. The van der Waals surface area contributed by atoms with Crippen LogP contribution in [0.5, 0.6) is 0 Å². The number of carbonyl (C=O) groups excluding carboxylic acids is 1. The second-order valence-corrected chi connectivity index (χ2v) is 4.01. The van der Waals surface area contributed by atoms with Gasteiger partial charge >= 0.3 is 0 Å². The normalized spacial score (nSPS) is 22.2. The third kappa shape index (κ3) is 1.74. The van der Waals surface area contributed by atoms with Gasteiger partial charge in [-0.15, -0.1) is 0 Å². The average molecular weight is 208 g/mol. The van der Waals surface area contributed by atoms with E-state index in [2.05, 4.69) is 5.10 Å². The zero-order chi connectivity index (χ0) is 11.0. The van der Waals surface area contributed by atoms with Gasteiger partial charge in [0.2, 0.25) is 5.91 Å². The summed E-state index contributed by atoms with van der Waals surface area (Å²) in [5.74, 6) is 0.0114. The maximum atomic E-state index is 11.9. The molecule has 1 fully saturated rings. The molecule has 15 heavy (non-hydrogen) atoms. The third-order valence-electron chi connectivity index (χ3n) is 2.76. The molecule has 1 unspecified atom stereocenters. The molecule has 1 aromatic rings. The maximum absolute atomic E-state index is 11.9. The van der Waals surface area contributed by atoms with Crippen LogP contribution in [0.3, 0.4) is 0 Å². The number of nitrogens with two attached hydrogens (primary N) is 1. The van der Waals surface area contributed by atoms with E-state index in [0.29, 0.717) is 0 Å². The number of carbonyl (C=O) groups is 1. The van der Waals surface area contributed by atoms with Crippen LogP contribution in [0.2, 0.25) is 0 Å². The lowest BCUT2D eigenvalue weighted by molar-refractivity contribution is -0.120. The van der Waals surface area contributed by atoms with Crippen molar-refractivity contribution >= 4 is 11.6 Å². The molecule has 82 valence electrons. The van der Waals surface area contributed by atoms with Crippen LogP contribution in [0, 0.1) is 6.92 Å². The molecule has 2 N–H and O–H groups in total. The fourth-order valence-electron chi connectivity index (χ4n) is 1.99. The molecule has 0 aromatic carbocycles. The molecular weight excluding hydrogens is 192 g/mol. The van der Waals surface area contributed by atoms with Crippen molar-refractivity contribution < 1.29 is 4.79 Å². The summed E-state index contributed by atoms with van der Waals surface area (Å²) in [7, 11) is 1.85. The molecule has 1 atom stereocenters. The zero-order valence-electron chi connectivity index (χ0n) is 9.10. The van der Waals surface area contributed by atoms with E-state index in [1.54, 1.807) is 9.58 Å². The van der Waals surface area contributed by atoms with Crippen LogP contribution in [-0.4, -0.2) is 28.3 Å². The highest BCUT2D eigenvalue weighted by Crippen LogP contribution is 2.22. The number of nitrogens with zero attached hydrogens (tertiary/aromatic N) is 3. The van der Waals surface area contributed by atoms with E-state index in [1.807, 2.05) is 20.2 Å². The second-order valence-electron chi connectivity index (χ2n) is 4.01. The standard InChI is InChI=1S/C10H16N4O/c1-7-9(6-13(2)12-7)14-5-3-4-8(11)10(14)15/h6,8H,3-5,11H2,1-2H3. The quantitative estimate of drug-likeness (QED) is 0.716. The van der Waals surface area contributed by atoms with Crippen LogP contribution in [0.1, 0.15) is 18.5 Å². The first-order chi connectivity index (χ1) is 7.09. The Labute approximate surface area is 88.8 Å². The van der Waals surface area contributed by atoms with Crippen LogP contribution in [0.25, 0.3) is 0 Å². The Bertz CT molecular complexity index is 385. The molecule has 1 aliphatic rings. The van der Waals surface area contributed by atoms with Crippen molar-refractivity contribution in [1.29, 1.82) is 0 Å². The van der Waals surface area contributed by atoms with Gasteiger partial charge < -0.3 is 10.6 Å². The molecule has 5 heteroatoms. The Kier molecular flexibility index (Phi) is 2.48. The minimum absolute atomic E-state index is 0.0114. The van der Waals surface area contributed by atoms with Crippen LogP contribution in [0.4, 0.5) is 5.69 Å². The smallest absolute Gasteiger partial charge is 0.243 e. The molecule has 0 spiro atoms. The first-order valence-electron chi connectivity index (χ1n) is 5.17. The van der Waals surface area contributed by atoms with E-state index in [1.165, 1.54) is 0 Å². The lowest BCUT2D eigenvalue weighted by atomic mass is 10.1. The van der Waals surface area contributed by atoms with Crippen molar-refractivity contribution in [2.24, 2.45) is 12.8 Å². The average Bonchev–Trinajstić information content (AvgIpc) is 2.50. The number of hydrogen-bond donors (Lipinski definition) is 1. The highest BCUT2D eigenvalue weighted by atomic mass is 16.2. The molecule has 1 aromatic heterocycles. The Morgan fingerprint density at radius 1 is 1.60 bits per heavy atom. The summed E-state index contributed by atoms with van der Waals surface area (Å²) in [6, 6.07) is -0.349. The van der Waals surface area contributed by atoms with Crippen molar-refractivity contribution in [3.63, 3.8) is 0 Å². The minimum Gasteiger partial charge on any atom is -0.320 e. The summed E-state index contributed by atoms with van der Waals surface area (Å²) in [4.78, 5) is 13.6. The molecule has 1 amide bonds. The molecule has 2 heterocycles.